The molecule has 3 rings (SSSR count). The van der Waals surface area contributed by atoms with E-state index in [0.717, 1.165) is 24.0 Å². The van der Waals surface area contributed by atoms with E-state index in [4.69, 9.17) is 5.11 Å². The van der Waals surface area contributed by atoms with Gasteiger partial charge in [0.1, 0.15) is 5.75 Å². The maximum atomic E-state index is 11.9. The zero-order valence-corrected chi connectivity index (χ0v) is 11.9. The van der Waals surface area contributed by atoms with Gasteiger partial charge in [0.05, 0.1) is 5.69 Å². The Bertz CT molecular complexity index is 767. The van der Waals surface area contributed by atoms with Crippen molar-refractivity contribution in [3.63, 3.8) is 0 Å². The number of hydrogen-bond donors (Lipinski definition) is 3. The van der Waals surface area contributed by atoms with E-state index in [2.05, 4.69) is 4.98 Å². The third kappa shape index (κ3) is 2.40. The average molecular weight is 308 g/mol. The van der Waals surface area contributed by atoms with Crippen molar-refractivity contribution >= 4 is 18.4 Å². The highest BCUT2D eigenvalue weighted by molar-refractivity contribution is 5.92. The molecule has 0 atom stereocenters. The molecule has 5 nitrogen and oxygen atoms in total. The van der Waals surface area contributed by atoms with Crippen LogP contribution in [-0.2, 0) is 12.8 Å². The summed E-state index contributed by atoms with van der Waals surface area (Å²) in [5.41, 5.74) is 1.62. The lowest BCUT2D eigenvalue weighted by molar-refractivity contribution is 0.0691. The molecule has 21 heavy (non-hydrogen) atoms. The SMILES string of the molecule is Cl.O=C(O)c1c(O)c2c([nH]c1=O)-c1ccccc1CCC2. The number of carboxylic acid groups (broad SMARTS) is 1. The quantitative estimate of drug-likeness (QED) is 0.754. The molecule has 1 aliphatic carbocycles. The zero-order chi connectivity index (χ0) is 14.3. The highest BCUT2D eigenvalue weighted by atomic mass is 35.5. The van der Waals surface area contributed by atoms with E-state index in [1.165, 1.54) is 0 Å². The Labute approximate surface area is 126 Å². The third-order valence-corrected chi connectivity index (χ3v) is 3.66. The van der Waals surface area contributed by atoms with E-state index in [1.54, 1.807) is 0 Å². The van der Waals surface area contributed by atoms with Crippen LogP contribution in [0.25, 0.3) is 11.3 Å². The standard InChI is InChI=1S/C15H13NO4.ClH/c17-13-10-7-3-5-8-4-1-2-6-9(8)12(10)16-14(18)11(13)15(19)20;/h1-2,4,6H,3,5,7H2,(H,19,20)(H2,16,17,18);1H. The van der Waals surface area contributed by atoms with Crippen molar-refractivity contribution in [1.29, 1.82) is 0 Å². The number of nitrogens with one attached hydrogen (secondary N) is 1. The molecule has 110 valence electrons. The Morgan fingerprint density at radius 2 is 1.90 bits per heavy atom. The summed E-state index contributed by atoms with van der Waals surface area (Å²) in [6.45, 7) is 0. The first-order valence-corrected chi connectivity index (χ1v) is 6.39. The maximum absolute atomic E-state index is 11.9. The normalized spacial score (nSPS) is 12.6. The molecule has 0 radical (unpaired) electrons. The number of carboxylic acids is 1. The lowest BCUT2D eigenvalue weighted by Crippen LogP contribution is -2.19. The number of halogens is 1. The van der Waals surface area contributed by atoms with Crippen molar-refractivity contribution in [3.05, 3.63) is 51.3 Å². The second-order valence-electron chi connectivity index (χ2n) is 4.85. The zero-order valence-electron chi connectivity index (χ0n) is 11.0. The Morgan fingerprint density at radius 1 is 1.19 bits per heavy atom. The number of rotatable bonds is 1. The van der Waals surface area contributed by atoms with Gasteiger partial charge in [0.2, 0.25) is 0 Å². The molecule has 0 fully saturated rings. The number of H-pyrrole nitrogens is 1. The van der Waals surface area contributed by atoms with Crippen molar-refractivity contribution in [2.24, 2.45) is 0 Å². The lowest BCUT2D eigenvalue weighted by Gasteiger charge is -2.11. The smallest absolute Gasteiger partial charge is 0.345 e. The van der Waals surface area contributed by atoms with Gasteiger partial charge in [-0.3, -0.25) is 4.79 Å². The van der Waals surface area contributed by atoms with Gasteiger partial charge in [0, 0.05) is 11.1 Å². The Balaban J connectivity index is 0.00000161. The van der Waals surface area contributed by atoms with Gasteiger partial charge in [-0.15, -0.1) is 12.4 Å². The van der Waals surface area contributed by atoms with Crippen LogP contribution in [0.3, 0.4) is 0 Å². The highest BCUT2D eigenvalue weighted by Crippen LogP contribution is 2.35. The molecule has 2 aromatic rings. The molecular weight excluding hydrogens is 294 g/mol. The molecule has 1 aliphatic rings. The van der Waals surface area contributed by atoms with E-state index >= 15 is 0 Å². The van der Waals surface area contributed by atoms with Crippen molar-refractivity contribution < 1.29 is 15.0 Å². The molecule has 0 aliphatic heterocycles. The maximum Gasteiger partial charge on any atom is 0.345 e. The largest absolute Gasteiger partial charge is 0.506 e. The molecule has 0 bridgehead atoms. The fourth-order valence-corrected chi connectivity index (χ4v) is 2.74. The van der Waals surface area contributed by atoms with E-state index in [0.29, 0.717) is 17.7 Å². The number of aromatic nitrogens is 1. The molecule has 0 spiro atoms. The monoisotopic (exact) mass is 307 g/mol. The fourth-order valence-electron chi connectivity index (χ4n) is 2.74. The summed E-state index contributed by atoms with van der Waals surface area (Å²) < 4.78 is 0. The van der Waals surface area contributed by atoms with Crippen LogP contribution in [0.2, 0.25) is 0 Å². The second kappa shape index (κ2) is 5.61. The third-order valence-electron chi connectivity index (χ3n) is 3.66. The number of aromatic carboxylic acids is 1. The van der Waals surface area contributed by atoms with Gasteiger partial charge in [-0.2, -0.15) is 0 Å². The van der Waals surface area contributed by atoms with Gasteiger partial charge in [-0.1, -0.05) is 24.3 Å². The topological polar surface area (TPSA) is 90.4 Å². The minimum absolute atomic E-state index is 0. The number of benzene rings is 1. The highest BCUT2D eigenvalue weighted by Gasteiger charge is 2.24. The molecule has 1 aromatic heterocycles. The first-order chi connectivity index (χ1) is 9.59. The van der Waals surface area contributed by atoms with E-state index < -0.39 is 22.8 Å². The van der Waals surface area contributed by atoms with Crippen LogP contribution in [0.15, 0.2) is 29.1 Å². The van der Waals surface area contributed by atoms with Crippen molar-refractivity contribution in [2.45, 2.75) is 19.3 Å². The Morgan fingerprint density at radius 3 is 2.62 bits per heavy atom. The molecule has 0 saturated heterocycles. The van der Waals surface area contributed by atoms with Crippen LogP contribution >= 0.6 is 12.4 Å². The summed E-state index contributed by atoms with van der Waals surface area (Å²) in [6.07, 6.45) is 2.16. The molecule has 1 aromatic carbocycles. The number of aromatic amines is 1. The van der Waals surface area contributed by atoms with Crippen molar-refractivity contribution in [3.8, 4) is 17.0 Å². The Kier molecular flexibility index (Phi) is 4.04. The predicted molar refractivity (Wildman–Crippen MR) is 80.4 cm³/mol. The molecule has 6 heteroatoms. The first kappa shape index (κ1) is 15.1. The van der Waals surface area contributed by atoms with Crippen LogP contribution in [0.1, 0.15) is 27.9 Å². The lowest BCUT2D eigenvalue weighted by atomic mass is 10.00. The van der Waals surface area contributed by atoms with Crippen LogP contribution in [0, 0.1) is 0 Å². The van der Waals surface area contributed by atoms with E-state index in [9.17, 15) is 14.7 Å². The van der Waals surface area contributed by atoms with Crippen LogP contribution in [0.5, 0.6) is 5.75 Å². The van der Waals surface area contributed by atoms with Gasteiger partial charge in [-0.05, 0) is 24.8 Å². The van der Waals surface area contributed by atoms with Crippen molar-refractivity contribution in [1.82, 2.24) is 4.98 Å². The van der Waals surface area contributed by atoms with Gasteiger partial charge < -0.3 is 15.2 Å². The summed E-state index contributed by atoms with van der Waals surface area (Å²) in [5.74, 6) is -1.82. The van der Waals surface area contributed by atoms with Crippen LogP contribution in [-0.4, -0.2) is 21.2 Å². The van der Waals surface area contributed by atoms with Gasteiger partial charge in [-0.25, -0.2) is 4.79 Å². The molecule has 0 amide bonds. The average Bonchev–Trinajstić information content (AvgIpc) is 2.58. The molecule has 0 unspecified atom stereocenters. The minimum atomic E-state index is -1.41. The summed E-state index contributed by atoms with van der Waals surface area (Å²) in [4.78, 5) is 25.6. The summed E-state index contributed by atoms with van der Waals surface area (Å²) in [6, 6.07) is 7.63. The number of fused-ring (bicyclic) bond motifs is 3. The first-order valence-electron chi connectivity index (χ1n) is 6.39. The predicted octanol–water partition coefficient (Wildman–Crippen LogP) is 2.36. The second-order valence-corrected chi connectivity index (χ2v) is 4.85. The van der Waals surface area contributed by atoms with Gasteiger partial charge >= 0.3 is 5.97 Å². The summed E-state index contributed by atoms with van der Waals surface area (Å²) in [5, 5.41) is 19.2. The molecular formula is C15H14ClNO4. The number of carbonyl (C=O) groups is 1. The Hall–Kier alpha value is -2.27. The molecule has 3 N–H and O–H groups in total. The van der Waals surface area contributed by atoms with Gasteiger partial charge in [0.25, 0.3) is 5.56 Å². The van der Waals surface area contributed by atoms with Crippen LogP contribution in [0.4, 0.5) is 0 Å². The molecule has 0 saturated carbocycles. The van der Waals surface area contributed by atoms with Gasteiger partial charge in [0.15, 0.2) is 5.56 Å². The van der Waals surface area contributed by atoms with Crippen LogP contribution < -0.4 is 5.56 Å². The minimum Gasteiger partial charge on any atom is -0.506 e. The van der Waals surface area contributed by atoms with Crippen molar-refractivity contribution in [2.75, 3.05) is 0 Å². The molecule has 1 heterocycles. The summed E-state index contributed by atoms with van der Waals surface area (Å²) >= 11 is 0. The number of aryl methyl sites for hydroxylation is 1. The number of aromatic hydroxyl groups is 1. The fraction of sp³-hybridized carbons (Fsp3) is 0.200. The summed E-state index contributed by atoms with van der Waals surface area (Å²) in [7, 11) is 0. The number of pyridine rings is 1. The van der Waals surface area contributed by atoms with E-state index in [1.807, 2.05) is 24.3 Å². The van der Waals surface area contributed by atoms with E-state index in [-0.39, 0.29) is 12.4 Å². The number of hydrogen-bond acceptors (Lipinski definition) is 3.